The van der Waals surface area contributed by atoms with E-state index in [1.54, 1.807) is 0 Å². The Bertz CT molecular complexity index is 925. The highest BCUT2D eigenvalue weighted by Crippen LogP contribution is 2.68. The zero-order valence-corrected chi connectivity index (χ0v) is 20.2. The van der Waals surface area contributed by atoms with E-state index in [4.69, 9.17) is 0 Å². The summed E-state index contributed by atoms with van der Waals surface area (Å²) in [7, 11) is 0. The lowest BCUT2D eigenvalue weighted by molar-refractivity contribution is -0.144. The zero-order valence-electron chi connectivity index (χ0n) is 20.2. The molecule has 2 heteroatoms. The van der Waals surface area contributed by atoms with Crippen molar-refractivity contribution in [2.75, 3.05) is 0 Å². The summed E-state index contributed by atoms with van der Waals surface area (Å²) in [4.78, 5) is 12.4. The topological polar surface area (TPSA) is 37.3 Å². The van der Waals surface area contributed by atoms with Crippen LogP contribution in [-0.2, 0) is 11.2 Å². The van der Waals surface area contributed by atoms with E-state index in [-0.39, 0.29) is 11.3 Å². The Balaban J connectivity index is 1.30. The molecule has 0 spiro atoms. The highest BCUT2D eigenvalue weighted by Gasteiger charge is 2.61. The second-order valence-corrected chi connectivity index (χ2v) is 12.1. The summed E-state index contributed by atoms with van der Waals surface area (Å²) in [6, 6.07) is 10.3. The summed E-state index contributed by atoms with van der Waals surface area (Å²) in [5.41, 5.74) is 0.957. The molecule has 4 aliphatic rings. The third-order valence-electron chi connectivity index (χ3n) is 10.7. The Morgan fingerprint density at radius 2 is 1.72 bits per heavy atom. The van der Waals surface area contributed by atoms with E-state index in [9.17, 15) is 9.90 Å². The Labute approximate surface area is 194 Å². The summed E-state index contributed by atoms with van der Waals surface area (Å²) in [6.07, 6.45) is 10.8. The van der Waals surface area contributed by atoms with E-state index in [1.807, 2.05) is 25.1 Å². The van der Waals surface area contributed by atoms with Gasteiger partial charge in [0.05, 0.1) is 0 Å². The molecule has 0 heterocycles. The van der Waals surface area contributed by atoms with Crippen LogP contribution in [0.4, 0.5) is 0 Å². The molecule has 32 heavy (non-hydrogen) atoms. The lowest BCUT2D eigenvalue weighted by Gasteiger charge is -2.61. The third-order valence-corrected chi connectivity index (χ3v) is 10.7. The minimum absolute atomic E-state index is 0.231. The fourth-order valence-corrected chi connectivity index (χ4v) is 8.93. The zero-order chi connectivity index (χ0) is 22.6. The fraction of sp³-hybridized carbons (Fsp3) is 0.700. The van der Waals surface area contributed by atoms with Gasteiger partial charge in [-0.3, -0.25) is 4.79 Å². The van der Waals surface area contributed by atoms with Crippen LogP contribution in [0.2, 0.25) is 0 Å². The summed E-state index contributed by atoms with van der Waals surface area (Å²) in [6.45, 7) is 6.79. The summed E-state index contributed by atoms with van der Waals surface area (Å²) < 4.78 is 0. The molecule has 2 nitrogen and oxygen atoms in total. The van der Waals surface area contributed by atoms with Gasteiger partial charge in [-0.1, -0.05) is 56.0 Å². The number of ketones is 1. The standard InChI is InChI=1S/C30H40O2/c1-21(31)25-13-14-26-24-12-11-23-20-30(32,16-7-10-22-8-5-4-6-9-22)19-18-28(23,2)27(24)15-17-29(25,26)3/h4-6,8-9,23-27,32H,10-15,17-20H2,1-3H3/t23-,24+,25-,26+,27+,28+,29-,30-/m1/s1. The first-order chi connectivity index (χ1) is 15.3. The van der Waals surface area contributed by atoms with Crippen molar-refractivity contribution in [1.82, 2.24) is 0 Å². The molecule has 1 aromatic rings. The van der Waals surface area contributed by atoms with Gasteiger partial charge < -0.3 is 5.11 Å². The molecule has 172 valence electrons. The molecule has 8 atom stereocenters. The molecule has 0 saturated heterocycles. The quantitative estimate of drug-likeness (QED) is 0.564. The van der Waals surface area contributed by atoms with E-state index in [2.05, 4.69) is 37.8 Å². The third kappa shape index (κ3) is 3.56. The predicted molar refractivity (Wildman–Crippen MR) is 129 cm³/mol. The van der Waals surface area contributed by atoms with Gasteiger partial charge >= 0.3 is 0 Å². The van der Waals surface area contributed by atoms with Crippen molar-refractivity contribution in [2.24, 2.45) is 40.4 Å². The molecule has 4 aliphatic carbocycles. The van der Waals surface area contributed by atoms with Crippen molar-refractivity contribution >= 4 is 5.78 Å². The Kier molecular flexibility index (Phi) is 5.57. The van der Waals surface area contributed by atoms with Crippen molar-refractivity contribution in [2.45, 2.75) is 90.6 Å². The van der Waals surface area contributed by atoms with Crippen LogP contribution in [0.5, 0.6) is 0 Å². The van der Waals surface area contributed by atoms with Gasteiger partial charge in [-0.15, -0.1) is 0 Å². The van der Waals surface area contributed by atoms with Crippen molar-refractivity contribution in [3.63, 3.8) is 0 Å². The second-order valence-electron chi connectivity index (χ2n) is 12.1. The van der Waals surface area contributed by atoms with Crippen molar-refractivity contribution in [3.8, 4) is 11.8 Å². The predicted octanol–water partition coefficient (Wildman–Crippen LogP) is 6.21. The minimum Gasteiger partial charge on any atom is -0.378 e. The van der Waals surface area contributed by atoms with E-state index in [1.165, 1.54) is 37.7 Å². The number of fused-ring (bicyclic) bond motifs is 5. The molecule has 4 fully saturated rings. The number of carbonyl (C=O) groups is 1. The number of benzene rings is 1. The number of Topliss-reactive ketones (excluding diaryl/α,β-unsaturated/α-hetero) is 1. The molecule has 0 amide bonds. The Morgan fingerprint density at radius 3 is 2.47 bits per heavy atom. The van der Waals surface area contributed by atoms with E-state index < -0.39 is 5.60 Å². The van der Waals surface area contributed by atoms with E-state index in [0.717, 1.165) is 43.4 Å². The van der Waals surface area contributed by atoms with Gasteiger partial charge in [0.2, 0.25) is 0 Å². The number of hydrogen-bond acceptors (Lipinski definition) is 2. The van der Waals surface area contributed by atoms with Gasteiger partial charge in [-0.25, -0.2) is 0 Å². The Hall–Kier alpha value is -1.59. The average molecular weight is 433 g/mol. The molecule has 0 unspecified atom stereocenters. The number of carbonyl (C=O) groups excluding carboxylic acids is 1. The molecule has 5 rings (SSSR count). The van der Waals surface area contributed by atoms with Crippen molar-refractivity contribution in [1.29, 1.82) is 0 Å². The normalized spacial score (nSPS) is 45.1. The molecule has 0 aliphatic heterocycles. The lowest BCUT2D eigenvalue weighted by Crippen LogP contribution is -2.56. The second kappa shape index (κ2) is 8.02. The molecule has 1 N–H and O–H groups in total. The molecule has 1 aromatic carbocycles. The van der Waals surface area contributed by atoms with Gasteiger partial charge in [0, 0.05) is 12.3 Å². The maximum absolute atomic E-state index is 12.4. The van der Waals surface area contributed by atoms with Gasteiger partial charge in [0.15, 0.2) is 0 Å². The van der Waals surface area contributed by atoms with Crippen LogP contribution in [0.3, 0.4) is 0 Å². The van der Waals surface area contributed by atoms with Crippen LogP contribution < -0.4 is 0 Å². The highest BCUT2D eigenvalue weighted by atomic mass is 16.3. The molecular weight excluding hydrogens is 392 g/mol. The van der Waals surface area contributed by atoms with Gasteiger partial charge in [0.1, 0.15) is 11.4 Å². The summed E-state index contributed by atoms with van der Waals surface area (Å²) in [5.74, 6) is 10.1. The maximum atomic E-state index is 12.4. The van der Waals surface area contributed by atoms with Crippen LogP contribution in [0.1, 0.15) is 84.1 Å². The largest absolute Gasteiger partial charge is 0.378 e. The first-order valence-electron chi connectivity index (χ1n) is 13.0. The summed E-state index contributed by atoms with van der Waals surface area (Å²) in [5, 5.41) is 11.4. The molecule has 4 saturated carbocycles. The van der Waals surface area contributed by atoms with Crippen LogP contribution in [0.15, 0.2) is 30.3 Å². The smallest absolute Gasteiger partial charge is 0.133 e. The van der Waals surface area contributed by atoms with E-state index >= 15 is 0 Å². The molecule has 0 radical (unpaired) electrons. The number of aliphatic hydroxyl groups is 1. The molecule has 0 bridgehead atoms. The van der Waals surface area contributed by atoms with Gasteiger partial charge in [0.25, 0.3) is 0 Å². The van der Waals surface area contributed by atoms with Crippen LogP contribution >= 0.6 is 0 Å². The number of rotatable bonds is 2. The van der Waals surface area contributed by atoms with E-state index in [0.29, 0.717) is 23.5 Å². The first-order valence-corrected chi connectivity index (χ1v) is 13.0. The van der Waals surface area contributed by atoms with Gasteiger partial charge in [-0.2, -0.15) is 0 Å². The Morgan fingerprint density at radius 1 is 0.969 bits per heavy atom. The lowest BCUT2D eigenvalue weighted by atomic mass is 9.44. The van der Waals surface area contributed by atoms with Crippen molar-refractivity contribution < 1.29 is 9.90 Å². The molecule has 0 aromatic heterocycles. The average Bonchev–Trinajstić information content (AvgIpc) is 3.13. The van der Waals surface area contributed by atoms with Gasteiger partial charge in [-0.05, 0) is 105 Å². The number of hydrogen-bond donors (Lipinski definition) is 1. The highest BCUT2D eigenvalue weighted by molar-refractivity contribution is 5.79. The minimum atomic E-state index is -0.817. The fourth-order valence-electron chi connectivity index (χ4n) is 8.93. The first kappa shape index (κ1) is 22.2. The molecular formula is C30H40O2. The monoisotopic (exact) mass is 432 g/mol. The van der Waals surface area contributed by atoms with Crippen LogP contribution in [0.25, 0.3) is 0 Å². The summed E-state index contributed by atoms with van der Waals surface area (Å²) >= 11 is 0. The van der Waals surface area contributed by atoms with Crippen molar-refractivity contribution in [3.05, 3.63) is 35.9 Å². The van der Waals surface area contributed by atoms with Crippen LogP contribution in [0, 0.1) is 52.3 Å². The van der Waals surface area contributed by atoms with Crippen LogP contribution in [-0.4, -0.2) is 16.5 Å². The maximum Gasteiger partial charge on any atom is 0.133 e. The SMILES string of the molecule is CC(=O)[C@H]1CC[C@H]2[C@@H]3CC[C@@H]4C[C@@](O)(C#CCc5ccccc5)CC[C@]4(C)[C@H]3CC[C@]12C.